The van der Waals surface area contributed by atoms with Crippen molar-refractivity contribution in [2.45, 2.75) is 19.5 Å². The Labute approximate surface area is 124 Å². The van der Waals surface area contributed by atoms with E-state index in [1.54, 1.807) is 30.2 Å². The van der Waals surface area contributed by atoms with Gasteiger partial charge in [0.2, 0.25) is 5.15 Å². The maximum absolute atomic E-state index is 12.1. The molecule has 1 atom stereocenters. The Bertz CT molecular complexity index is 659. The molecule has 2 aromatic heterocycles. The van der Waals surface area contributed by atoms with Gasteiger partial charge in [-0.15, -0.1) is 0 Å². The van der Waals surface area contributed by atoms with Gasteiger partial charge in [0.25, 0.3) is 5.91 Å². The number of carbonyl (C=O) groups is 1. The highest BCUT2D eigenvalue weighted by Gasteiger charge is 2.25. The number of nitrogens with zero attached hydrogens (tertiary/aromatic N) is 4. The van der Waals surface area contributed by atoms with Crippen LogP contribution in [0.25, 0.3) is 0 Å². The third-order valence-electron chi connectivity index (χ3n) is 2.73. The standard InChI is InChI=1S/C12H12ClN5O3/c1-8(6-17-5-4-14-7-17)16-12(19)9-2-3-15-11(13)10(9)18(20)21/h2-5,7-8H,6H2,1H3,(H,16,19). The molecule has 0 saturated heterocycles. The van der Waals surface area contributed by atoms with Crippen LogP contribution in [-0.2, 0) is 6.54 Å². The number of aromatic nitrogens is 3. The summed E-state index contributed by atoms with van der Waals surface area (Å²) in [6.07, 6.45) is 6.26. The predicted octanol–water partition coefficient (Wildman–Crippen LogP) is 1.66. The summed E-state index contributed by atoms with van der Waals surface area (Å²) in [4.78, 5) is 29.9. The second-order valence-corrected chi connectivity index (χ2v) is 4.75. The molecular weight excluding hydrogens is 298 g/mol. The van der Waals surface area contributed by atoms with E-state index in [2.05, 4.69) is 15.3 Å². The molecule has 0 aliphatic rings. The Balaban J connectivity index is 2.13. The third kappa shape index (κ3) is 3.54. The van der Waals surface area contributed by atoms with E-state index in [0.29, 0.717) is 6.54 Å². The molecule has 0 bridgehead atoms. The smallest absolute Gasteiger partial charge is 0.319 e. The molecule has 0 fully saturated rings. The summed E-state index contributed by atoms with van der Waals surface area (Å²) >= 11 is 5.67. The molecule has 0 radical (unpaired) electrons. The first-order valence-electron chi connectivity index (χ1n) is 6.04. The second kappa shape index (κ2) is 6.31. The molecule has 0 aromatic carbocycles. The molecule has 0 aliphatic carbocycles. The zero-order valence-electron chi connectivity index (χ0n) is 11.1. The van der Waals surface area contributed by atoms with Gasteiger partial charge >= 0.3 is 5.69 Å². The van der Waals surface area contributed by atoms with Crippen molar-refractivity contribution in [3.05, 3.63) is 51.8 Å². The zero-order valence-corrected chi connectivity index (χ0v) is 11.8. The zero-order chi connectivity index (χ0) is 15.4. The second-order valence-electron chi connectivity index (χ2n) is 4.39. The summed E-state index contributed by atoms with van der Waals surface area (Å²) in [7, 11) is 0. The van der Waals surface area contributed by atoms with E-state index in [1.165, 1.54) is 12.3 Å². The van der Waals surface area contributed by atoms with E-state index in [1.807, 2.05) is 0 Å². The molecule has 9 heteroatoms. The van der Waals surface area contributed by atoms with Gasteiger partial charge in [-0.1, -0.05) is 11.6 Å². The van der Waals surface area contributed by atoms with Crippen molar-refractivity contribution in [1.82, 2.24) is 19.9 Å². The van der Waals surface area contributed by atoms with Crippen LogP contribution in [0.2, 0.25) is 5.15 Å². The van der Waals surface area contributed by atoms with Crippen LogP contribution < -0.4 is 5.32 Å². The highest BCUT2D eigenvalue weighted by atomic mass is 35.5. The van der Waals surface area contributed by atoms with Gasteiger partial charge in [0, 0.05) is 31.2 Å². The molecule has 8 nitrogen and oxygen atoms in total. The minimum absolute atomic E-state index is 0.113. The fourth-order valence-electron chi connectivity index (χ4n) is 1.84. The number of halogens is 1. The van der Waals surface area contributed by atoms with Crippen molar-refractivity contribution < 1.29 is 9.72 Å². The molecule has 2 heterocycles. The number of imidazole rings is 1. The van der Waals surface area contributed by atoms with E-state index in [9.17, 15) is 14.9 Å². The fraction of sp³-hybridized carbons (Fsp3) is 0.250. The highest BCUT2D eigenvalue weighted by molar-refractivity contribution is 6.32. The average Bonchev–Trinajstić information content (AvgIpc) is 2.90. The van der Waals surface area contributed by atoms with Crippen LogP contribution in [0.4, 0.5) is 5.69 Å². The topological polar surface area (TPSA) is 103 Å². The van der Waals surface area contributed by atoms with Gasteiger partial charge in [0.1, 0.15) is 5.56 Å². The Kier molecular flexibility index (Phi) is 4.49. The Morgan fingerprint density at radius 3 is 2.95 bits per heavy atom. The summed E-state index contributed by atoms with van der Waals surface area (Å²) in [5.41, 5.74) is -0.607. The number of pyridine rings is 1. The predicted molar refractivity (Wildman–Crippen MR) is 75.1 cm³/mol. The van der Waals surface area contributed by atoms with Crippen LogP contribution in [0.1, 0.15) is 17.3 Å². The Morgan fingerprint density at radius 1 is 1.57 bits per heavy atom. The molecule has 2 rings (SSSR count). The van der Waals surface area contributed by atoms with Crippen LogP contribution in [0.5, 0.6) is 0 Å². The fourth-order valence-corrected chi connectivity index (χ4v) is 2.07. The van der Waals surface area contributed by atoms with E-state index in [0.717, 1.165) is 0 Å². The van der Waals surface area contributed by atoms with Crippen LogP contribution in [0.15, 0.2) is 31.0 Å². The molecule has 1 N–H and O–H groups in total. The summed E-state index contributed by atoms with van der Waals surface area (Å²) in [5, 5.41) is 13.3. The lowest BCUT2D eigenvalue weighted by Crippen LogP contribution is -2.35. The van der Waals surface area contributed by atoms with Crippen LogP contribution in [0, 0.1) is 10.1 Å². The molecular formula is C12H12ClN5O3. The molecule has 21 heavy (non-hydrogen) atoms. The van der Waals surface area contributed by atoms with Crippen LogP contribution in [0.3, 0.4) is 0 Å². The van der Waals surface area contributed by atoms with Gasteiger partial charge < -0.3 is 9.88 Å². The highest BCUT2D eigenvalue weighted by Crippen LogP contribution is 2.25. The maximum atomic E-state index is 12.1. The number of rotatable bonds is 5. The summed E-state index contributed by atoms with van der Waals surface area (Å²) < 4.78 is 1.79. The van der Waals surface area contributed by atoms with Crippen molar-refractivity contribution in [2.75, 3.05) is 0 Å². The minimum atomic E-state index is -0.717. The average molecular weight is 310 g/mol. The number of hydrogen-bond donors (Lipinski definition) is 1. The SMILES string of the molecule is CC(Cn1ccnc1)NC(=O)c1ccnc(Cl)c1[N+](=O)[O-]. The summed E-state index contributed by atoms with van der Waals surface area (Å²) in [6.45, 7) is 2.28. The van der Waals surface area contributed by atoms with Crippen LogP contribution >= 0.6 is 11.6 Å². The van der Waals surface area contributed by atoms with E-state index in [4.69, 9.17) is 11.6 Å². The molecule has 0 saturated carbocycles. The molecule has 2 aromatic rings. The first kappa shape index (κ1) is 14.9. The normalized spacial score (nSPS) is 11.9. The molecule has 0 aliphatic heterocycles. The summed E-state index contributed by atoms with van der Waals surface area (Å²) in [6, 6.07) is 1.03. The lowest BCUT2D eigenvalue weighted by molar-refractivity contribution is -0.385. The van der Waals surface area contributed by atoms with Crippen molar-refractivity contribution in [2.24, 2.45) is 0 Å². The molecule has 110 valence electrons. The van der Waals surface area contributed by atoms with Crippen molar-refractivity contribution in [1.29, 1.82) is 0 Å². The van der Waals surface area contributed by atoms with E-state index < -0.39 is 16.5 Å². The van der Waals surface area contributed by atoms with Gasteiger partial charge in [-0.05, 0) is 13.0 Å². The van der Waals surface area contributed by atoms with E-state index >= 15 is 0 Å². The van der Waals surface area contributed by atoms with E-state index in [-0.39, 0.29) is 16.8 Å². The van der Waals surface area contributed by atoms with Crippen molar-refractivity contribution >= 4 is 23.2 Å². The monoisotopic (exact) mass is 309 g/mol. The van der Waals surface area contributed by atoms with Crippen molar-refractivity contribution in [3.63, 3.8) is 0 Å². The lowest BCUT2D eigenvalue weighted by Gasteiger charge is -2.14. The Morgan fingerprint density at radius 2 is 2.33 bits per heavy atom. The molecule has 1 unspecified atom stereocenters. The van der Waals surface area contributed by atoms with Gasteiger partial charge in [-0.2, -0.15) is 0 Å². The first-order chi connectivity index (χ1) is 9.99. The quantitative estimate of drug-likeness (QED) is 0.514. The number of nitro groups is 1. The van der Waals surface area contributed by atoms with Gasteiger partial charge in [0.15, 0.2) is 0 Å². The lowest BCUT2D eigenvalue weighted by atomic mass is 10.2. The van der Waals surface area contributed by atoms with Gasteiger partial charge in [-0.25, -0.2) is 9.97 Å². The van der Waals surface area contributed by atoms with Crippen molar-refractivity contribution in [3.8, 4) is 0 Å². The Hall–Kier alpha value is -2.48. The van der Waals surface area contributed by atoms with Gasteiger partial charge in [0.05, 0.1) is 11.3 Å². The maximum Gasteiger partial charge on any atom is 0.319 e. The number of carbonyl (C=O) groups excluding carboxylic acids is 1. The third-order valence-corrected chi connectivity index (χ3v) is 3.00. The number of nitrogens with one attached hydrogen (secondary N) is 1. The largest absolute Gasteiger partial charge is 0.348 e. The first-order valence-corrected chi connectivity index (χ1v) is 6.42. The number of amides is 1. The molecule has 1 amide bonds. The summed E-state index contributed by atoms with van der Waals surface area (Å²) in [5.74, 6) is -0.571. The molecule has 0 spiro atoms. The van der Waals surface area contributed by atoms with Crippen LogP contribution in [-0.4, -0.2) is 31.4 Å². The van der Waals surface area contributed by atoms with Gasteiger partial charge in [-0.3, -0.25) is 14.9 Å². The number of hydrogen-bond acceptors (Lipinski definition) is 5. The minimum Gasteiger partial charge on any atom is -0.348 e.